The molecule has 4 rings (SSSR count). The van der Waals surface area contributed by atoms with Gasteiger partial charge in [0.1, 0.15) is 0 Å². The highest BCUT2D eigenvalue weighted by Gasteiger charge is 2.16. The molecule has 0 radical (unpaired) electrons. The fraction of sp³-hybridized carbons (Fsp3) is 0. The molecule has 2 aromatic heterocycles. The fourth-order valence-electron chi connectivity index (χ4n) is 2.38. The van der Waals surface area contributed by atoms with Gasteiger partial charge in [0.25, 0.3) is 0 Å². The van der Waals surface area contributed by atoms with Crippen LogP contribution in [-0.4, -0.2) is 15.1 Å². The van der Waals surface area contributed by atoms with Crippen molar-refractivity contribution in [2.45, 2.75) is 0 Å². The van der Waals surface area contributed by atoms with Crippen LogP contribution in [0.15, 0.2) is 71.1 Å². The van der Waals surface area contributed by atoms with Crippen molar-refractivity contribution in [2.24, 2.45) is 0 Å². The summed E-state index contributed by atoms with van der Waals surface area (Å²) >= 11 is 0. The average Bonchev–Trinajstić information content (AvgIpc) is 2.97. The van der Waals surface area contributed by atoms with Crippen molar-refractivity contribution in [3.05, 3.63) is 66.7 Å². The third-order valence-electron chi connectivity index (χ3n) is 3.47. The quantitative estimate of drug-likeness (QED) is 0.598. The standard InChI is InChI=1S/C18H12N2O2/c21-18-16(20-17(22-18)13-7-2-1-3-8-13)15-11-10-12-6-4-5-9-14(12)19-15/h1-11,21H. The molecule has 0 saturated carbocycles. The van der Waals surface area contributed by atoms with Gasteiger partial charge in [0.05, 0.1) is 11.2 Å². The van der Waals surface area contributed by atoms with E-state index in [1.807, 2.05) is 66.7 Å². The summed E-state index contributed by atoms with van der Waals surface area (Å²) in [6.07, 6.45) is 0. The Balaban J connectivity index is 1.83. The maximum atomic E-state index is 10.0. The van der Waals surface area contributed by atoms with Crippen LogP contribution < -0.4 is 0 Å². The highest BCUT2D eigenvalue weighted by Crippen LogP contribution is 2.33. The maximum Gasteiger partial charge on any atom is 0.313 e. The first-order valence-electron chi connectivity index (χ1n) is 6.92. The molecule has 0 aliphatic heterocycles. The second-order valence-electron chi connectivity index (χ2n) is 4.93. The van der Waals surface area contributed by atoms with Crippen molar-refractivity contribution in [3.63, 3.8) is 0 Å². The number of aromatic hydroxyl groups is 1. The maximum absolute atomic E-state index is 10.0. The van der Waals surface area contributed by atoms with Crippen LogP contribution in [-0.2, 0) is 0 Å². The van der Waals surface area contributed by atoms with Gasteiger partial charge in [-0.15, -0.1) is 0 Å². The monoisotopic (exact) mass is 288 g/mol. The molecule has 0 atom stereocenters. The van der Waals surface area contributed by atoms with E-state index in [0.29, 0.717) is 17.3 Å². The predicted octanol–water partition coefficient (Wildman–Crippen LogP) is 4.26. The van der Waals surface area contributed by atoms with Gasteiger partial charge in [-0.25, -0.2) is 9.97 Å². The van der Waals surface area contributed by atoms with E-state index in [1.54, 1.807) is 0 Å². The lowest BCUT2D eigenvalue weighted by Gasteiger charge is -1.99. The molecule has 2 heterocycles. The normalized spacial score (nSPS) is 10.9. The van der Waals surface area contributed by atoms with Crippen LogP contribution in [0.1, 0.15) is 0 Å². The Bertz CT molecular complexity index is 946. The number of aromatic nitrogens is 2. The molecule has 0 spiro atoms. The predicted molar refractivity (Wildman–Crippen MR) is 84.3 cm³/mol. The van der Waals surface area contributed by atoms with E-state index in [2.05, 4.69) is 9.97 Å². The Labute approximate surface area is 126 Å². The van der Waals surface area contributed by atoms with Crippen LogP contribution in [0.3, 0.4) is 0 Å². The van der Waals surface area contributed by atoms with E-state index in [-0.39, 0.29) is 5.95 Å². The summed E-state index contributed by atoms with van der Waals surface area (Å²) in [5.41, 5.74) is 2.60. The highest BCUT2D eigenvalue weighted by molar-refractivity contribution is 5.81. The van der Waals surface area contributed by atoms with E-state index in [9.17, 15) is 5.11 Å². The van der Waals surface area contributed by atoms with E-state index in [0.717, 1.165) is 16.5 Å². The highest BCUT2D eigenvalue weighted by atomic mass is 16.5. The molecule has 4 heteroatoms. The summed E-state index contributed by atoms with van der Waals surface area (Å²) in [5.74, 6) is 0.157. The lowest BCUT2D eigenvalue weighted by Crippen LogP contribution is -1.86. The SMILES string of the molecule is Oc1oc(-c2ccccc2)nc1-c1ccc2ccccc2n1. The van der Waals surface area contributed by atoms with Gasteiger partial charge in [0, 0.05) is 10.9 Å². The minimum atomic E-state index is -0.221. The summed E-state index contributed by atoms with van der Waals surface area (Å²) in [5, 5.41) is 11.1. The number of rotatable bonds is 2. The van der Waals surface area contributed by atoms with Gasteiger partial charge < -0.3 is 9.52 Å². The van der Waals surface area contributed by atoms with Crippen molar-refractivity contribution in [1.82, 2.24) is 9.97 Å². The molecule has 0 aliphatic rings. The van der Waals surface area contributed by atoms with E-state index >= 15 is 0 Å². The molecule has 2 aromatic carbocycles. The number of para-hydroxylation sites is 1. The molecular formula is C18H12N2O2. The Morgan fingerprint density at radius 2 is 1.55 bits per heavy atom. The van der Waals surface area contributed by atoms with Crippen molar-refractivity contribution in [2.75, 3.05) is 0 Å². The van der Waals surface area contributed by atoms with Gasteiger partial charge in [-0.2, -0.15) is 0 Å². The molecule has 0 fully saturated rings. The molecule has 0 aliphatic carbocycles. The van der Waals surface area contributed by atoms with Crippen LogP contribution in [0.2, 0.25) is 0 Å². The van der Waals surface area contributed by atoms with Crippen molar-refractivity contribution < 1.29 is 9.52 Å². The van der Waals surface area contributed by atoms with Gasteiger partial charge >= 0.3 is 5.95 Å². The number of hydrogen-bond donors (Lipinski definition) is 1. The van der Waals surface area contributed by atoms with E-state index < -0.39 is 0 Å². The summed E-state index contributed by atoms with van der Waals surface area (Å²) in [4.78, 5) is 8.91. The molecule has 106 valence electrons. The van der Waals surface area contributed by atoms with Crippen LogP contribution in [0.25, 0.3) is 33.7 Å². The summed E-state index contributed by atoms with van der Waals surface area (Å²) < 4.78 is 5.37. The van der Waals surface area contributed by atoms with Gasteiger partial charge in [-0.05, 0) is 24.3 Å². The molecule has 22 heavy (non-hydrogen) atoms. The summed E-state index contributed by atoms with van der Waals surface area (Å²) in [6.45, 7) is 0. The Kier molecular flexibility index (Phi) is 2.86. The Morgan fingerprint density at radius 1 is 0.773 bits per heavy atom. The third kappa shape index (κ3) is 2.11. The zero-order valence-corrected chi connectivity index (χ0v) is 11.6. The molecule has 0 bridgehead atoms. The zero-order chi connectivity index (χ0) is 14.9. The Hall–Kier alpha value is -3.14. The summed E-state index contributed by atoms with van der Waals surface area (Å²) in [6, 6.07) is 21.0. The van der Waals surface area contributed by atoms with Gasteiger partial charge in [0.15, 0.2) is 5.69 Å². The first-order chi connectivity index (χ1) is 10.8. The van der Waals surface area contributed by atoms with Gasteiger partial charge in [-0.1, -0.05) is 42.5 Å². The number of fused-ring (bicyclic) bond motifs is 1. The number of oxazole rings is 1. The van der Waals surface area contributed by atoms with Crippen molar-refractivity contribution in [1.29, 1.82) is 0 Å². The first-order valence-corrected chi connectivity index (χ1v) is 6.92. The van der Waals surface area contributed by atoms with Crippen molar-refractivity contribution >= 4 is 10.9 Å². The molecule has 0 unspecified atom stereocenters. The second kappa shape index (κ2) is 5.00. The first kappa shape index (κ1) is 12.6. The van der Waals surface area contributed by atoms with Crippen molar-refractivity contribution in [3.8, 4) is 28.8 Å². The van der Waals surface area contributed by atoms with E-state index in [1.165, 1.54) is 0 Å². The van der Waals surface area contributed by atoms with Gasteiger partial charge in [-0.3, -0.25) is 0 Å². The van der Waals surface area contributed by atoms with Gasteiger partial charge in [0.2, 0.25) is 5.89 Å². The fourth-order valence-corrected chi connectivity index (χ4v) is 2.38. The van der Waals surface area contributed by atoms with Crippen LogP contribution in [0, 0.1) is 0 Å². The Morgan fingerprint density at radius 3 is 2.41 bits per heavy atom. The number of benzene rings is 2. The lowest BCUT2D eigenvalue weighted by atomic mass is 10.2. The smallest absolute Gasteiger partial charge is 0.313 e. The molecule has 4 aromatic rings. The zero-order valence-electron chi connectivity index (χ0n) is 11.6. The number of pyridine rings is 1. The minimum absolute atomic E-state index is 0.221. The molecular weight excluding hydrogens is 276 g/mol. The van der Waals surface area contributed by atoms with Crippen LogP contribution >= 0.6 is 0 Å². The number of hydrogen-bond acceptors (Lipinski definition) is 4. The van der Waals surface area contributed by atoms with E-state index in [4.69, 9.17) is 4.42 Å². The summed E-state index contributed by atoms with van der Waals surface area (Å²) in [7, 11) is 0. The number of nitrogens with zero attached hydrogens (tertiary/aromatic N) is 2. The molecule has 1 N–H and O–H groups in total. The van der Waals surface area contributed by atoms with Crippen LogP contribution in [0.4, 0.5) is 0 Å². The topological polar surface area (TPSA) is 59.2 Å². The molecule has 0 amide bonds. The second-order valence-corrected chi connectivity index (χ2v) is 4.93. The molecule has 4 nitrogen and oxygen atoms in total. The lowest BCUT2D eigenvalue weighted by molar-refractivity contribution is 0.339. The van der Waals surface area contributed by atoms with Crippen LogP contribution in [0.5, 0.6) is 5.95 Å². The third-order valence-corrected chi connectivity index (χ3v) is 3.47. The minimum Gasteiger partial charge on any atom is -0.479 e. The molecule has 0 saturated heterocycles. The average molecular weight is 288 g/mol. The largest absolute Gasteiger partial charge is 0.479 e.